The Balaban J connectivity index is 2.10. The molecule has 0 fully saturated rings. The maximum atomic E-state index is 12.3. The Morgan fingerprint density at radius 3 is 2.73 bits per heavy atom. The van der Waals surface area contributed by atoms with Crippen molar-refractivity contribution in [1.82, 2.24) is 9.66 Å². The van der Waals surface area contributed by atoms with Crippen LogP contribution in [0.3, 0.4) is 0 Å². The van der Waals surface area contributed by atoms with Crippen molar-refractivity contribution < 1.29 is 5.11 Å². The number of nitrogens with zero attached hydrogens (tertiary/aromatic N) is 2. The predicted octanol–water partition coefficient (Wildman–Crippen LogP) is 1.93. The number of fused-ring (bicyclic) bond motifs is 1. The lowest BCUT2D eigenvalue weighted by Gasteiger charge is -2.01. The van der Waals surface area contributed by atoms with Gasteiger partial charge in [0.1, 0.15) is 5.75 Å². The number of rotatable bonds is 2. The molecule has 0 bridgehead atoms. The first-order valence-electron chi connectivity index (χ1n) is 6.33. The summed E-state index contributed by atoms with van der Waals surface area (Å²) in [5.74, 6) is -0.0560. The summed E-state index contributed by atoms with van der Waals surface area (Å²) in [5, 5.41) is 13.8. The molecular weight excluding hydrogens is 306 g/mol. The fourth-order valence-corrected chi connectivity index (χ4v) is 2.17. The van der Waals surface area contributed by atoms with Gasteiger partial charge in [-0.2, -0.15) is 5.10 Å². The molecule has 0 radical (unpaired) electrons. The summed E-state index contributed by atoms with van der Waals surface area (Å²) < 4.78 is 0.739. The highest BCUT2D eigenvalue weighted by Gasteiger charge is 2.05. The SMILES string of the molecule is O=c1[nH]c2ccccc2c(=O)n1N=Cc1ccc(O)c(Cl)c1. The first kappa shape index (κ1) is 14.1. The quantitative estimate of drug-likeness (QED) is 0.708. The van der Waals surface area contributed by atoms with Crippen molar-refractivity contribution in [2.75, 3.05) is 0 Å². The molecule has 3 aromatic rings. The number of H-pyrrole nitrogens is 1. The highest BCUT2D eigenvalue weighted by molar-refractivity contribution is 6.32. The summed E-state index contributed by atoms with van der Waals surface area (Å²) in [7, 11) is 0. The molecule has 22 heavy (non-hydrogen) atoms. The van der Waals surface area contributed by atoms with Gasteiger partial charge in [0.15, 0.2) is 0 Å². The molecule has 2 N–H and O–H groups in total. The number of benzene rings is 2. The Morgan fingerprint density at radius 1 is 1.18 bits per heavy atom. The molecule has 1 heterocycles. The number of aromatic hydroxyl groups is 1. The van der Waals surface area contributed by atoms with Crippen LogP contribution in [0.4, 0.5) is 0 Å². The number of nitrogens with one attached hydrogen (secondary N) is 1. The van der Waals surface area contributed by atoms with E-state index in [0.29, 0.717) is 16.5 Å². The molecule has 1 aromatic heterocycles. The smallest absolute Gasteiger partial charge is 0.349 e. The number of phenolic OH excluding ortho intramolecular Hbond substituents is 1. The van der Waals surface area contributed by atoms with Crippen molar-refractivity contribution in [1.29, 1.82) is 0 Å². The van der Waals surface area contributed by atoms with Crippen LogP contribution < -0.4 is 11.2 Å². The van der Waals surface area contributed by atoms with Crippen LogP contribution in [-0.2, 0) is 0 Å². The third kappa shape index (κ3) is 2.51. The normalized spacial score (nSPS) is 11.3. The lowest BCUT2D eigenvalue weighted by Crippen LogP contribution is -2.32. The second-order valence-corrected chi connectivity index (χ2v) is 4.96. The monoisotopic (exact) mass is 315 g/mol. The van der Waals surface area contributed by atoms with Crippen molar-refractivity contribution in [3.8, 4) is 5.75 Å². The van der Waals surface area contributed by atoms with E-state index in [1.54, 1.807) is 30.3 Å². The van der Waals surface area contributed by atoms with Crippen LogP contribution in [0.2, 0.25) is 5.02 Å². The fourth-order valence-electron chi connectivity index (χ4n) is 1.99. The Bertz CT molecular complexity index is 1000. The van der Waals surface area contributed by atoms with Crippen LogP contribution in [0, 0.1) is 0 Å². The van der Waals surface area contributed by atoms with Crippen molar-refractivity contribution in [2.45, 2.75) is 0 Å². The van der Waals surface area contributed by atoms with E-state index in [9.17, 15) is 14.7 Å². The third-order valence-corrected chi connectivity index (χ3v) is 3.38. The number of halogens is 1. The van der Waals surface area contributed by atoms with Gasteiger partial charge in [-0.1, -0.05) is 23.7 Å². The molecule has 0 atom stereocenters. The highest BCUT2D eigenvalue weighted by Crippen LogP contribution is 2.22. The Morgan fingerprint density at radius 2 is 1.95 bits per heavy atom. The van der Waals surface area contributed by atoms with Gasteiger partial charge in [0.25, 0.3) is 5.56 Å². The topological polar surface area (TPSA) is 87.5 Å². The van der Waals surface area contributed by atoms with Gasteiger partial charge in [0.2, 0.25) is 0 Å². The molecule has 7 heteroatoms. The zero-order valence-electron chi connectivity index (χ0n) is 11.2. The molecule has 110 valence electrons. The van der Waals surface area contributed by atoms with Crippen LogP contribution in [0.15, 0.2) is 57.2 Å². The summed E-state index contributed by atoms with van der Waals surface area (Å²) in [4.78, 5) is 26.8. The maximum Gasteiger partial charge on any atom is 0.349 e. The van der Waals surface area contributed by atoms with Gasteiger partial charge < -0.3 is 10.1 Å². The number of hydrogen-bond donors (Lipinski definition) is 2. The van der Waals surface area contributed by atoms with Gasteiger partial charge >= 0.3 is 5.69 Å². The average molecular weight is 316 g/mol. The molecule has 0 spiro atoms. The van der Waals surface area contributed by atoms with Crippen molar-refractivity contribution >= 4 is 28.7 Å². The standard InChI is InChI=1S/C15H10ClN3O3/c16-11-7-9(5-6-13(11)20)8-17-19-14(21)10-3-1-2-4-12(10)18-15(19)22/h1-8,20H,(H,18,22). The van der Waals surface area contributed by atoms with E-state index in [1.165, 1.54) is 18.3 Å². The summed E-state index contributed by atoms with van der Waals surface area (Å²) in [6.45, 7) is 0. The molecule has 3 rings (SSSR count). The molecule has 0 saturated heterocycles. The minimum atomic E-state index is -0.634. The largest absolute Gasteiger partial charge is 0.506 e. The van der Waals surface area contributed by atoms with Crippen LogP contribution in [0.5, 0.6) is 5.75 Å². The maximum absolute atomic E-state index is 12.3. The van der Waals surface area contributed by atoms with E-state index in [2.05, 4.69) is 10.1 Å². The van der Waals surface area contributed by atoms with Crippen LogP contribution >= 0.6 is 11.6 Å². The van der Waals surface area contributed by atoms with E-state index in [-0.39, 0.29) is 10.8 Å². The molecular formula is C15H10ClN3O3. The highest BCUT2D eigenvalue weighted by atomic mass is 35.5. The minimum absolute atomic E-state index is 0.0560. The fraction of sp³-hybridized carbons (Fsp3) is 0. The molecule has 6 nitrogen and oxygen atoms in total. The average Bonchev–Trinajstić information content (AvgIpc) is 2.50. The molecule has 0 saturated carbocycles. The molecule has 0 aliphatic carbocycles. The third-order valence-electron chi connectivity index (χ3n) is 3.08. The number of aromatic nitrogens is 2. The summed E-state index contributed by atoms with van der Waals surface area (Å²) in [5.41, 5.74) is -0.149. The zero-order chi connectivity index (χ0) is 15.7. The number of hydrogen-bond acceptors (Lipinski definition) is 4. The summed E-state index contributed by atoms with van der Waals surface area (Å²) in [6.07, 6.45) is 1.32. The minimum Gasteiger partial charge on any atom is -0.506 e. The molecule has 0 unspecified atom stereocenters. The van der Waals surface area contributed by atoms with Crippen molar-refractivity contribution in [3.05, 3.63) is 73.9 Å². The van der Waals surface area contributed by atoms with E-state index in [0.717, 1.165) is 4.68 Å². The van der Waals surface area contributed by atoms with E-state index >= 15 is 0 Å². The number of phenols is 1. The van der Waals surface area contributed by atoms with E-state index < -0.39 is 11.2 Å². The van der Waals surface area contributed by atoms with Gasteiger partial charge in [-0.25, -0.2) is 4.79 Å². The number of para-hydroxylation sites is 1. The zero-order valence-corrected chi connectivity index (χ0v) is 11.9. The van der Waals surface area contributed by atoms with Gasteiger partial charge in [0.05, 0.1) is 22.1 Å². The van der Waals surface area contributed by atoms with Gasteiger partial charge in [-0.05, 0) is 35.9 Å². The van der Waals surface area contributed by atoms with Gasteiger partial charge in [-0.15, -0.1) is 4.68 Å². The molecule has 2 aromatic carbocycles. The van der Waals surface area contributed by atoms with Crippen molar-refractivity contribution in [3.63, 3.8) is 0 Å². The van der Waals surface area contributed by atoms with Crippen molar-refractivity contribution in [2.24, 2.45) is 5.10 Å². The Labute approximate surface area is 128 Å². The van der Waals surface area contributed by atoms with Crippen LogP contribution in [0.25, 0.3) is 10.9 Å². The summed E-state index contributed by atoms with van der Waals surface area (Å²) in [6, 6.07) is 11.1. The number of aromatic amines is 1. The Hall–Kier alpha value is -2.86. The lowest BCUT2D eigenvalue weighted by molar-refractivity contribution is 0.475. The van der Waals surface area contributed by atoms with Crippen LogP contribution in [0.1, 0.15) is 5.56 Å². The first-order chi connectivity index (χ1) is 10.6. The van der Waals surface area contributed by atoms with E-state index in [4.69, 9.17) is 11.6 Å². The predicted molar refractivity (Wildman–Crippen MR) is 84.9 cm³/mol. The molecule has 0 aliphatic rings. The van der Waals surface area contributed by atoms with Gasteiger partial charge in [-0.3, -0.25) is 4.79 Å². The van der Waals surface area contributed by atoms with Gasteiger partial charge in [0, 0.05) is 0 Å². The molecule has 0 aliphatic heterocycles. The second kappa shape index (κ2) is 5.50. The van der Waals surface area contributed by atoms with Crippen LogP contribution in [-0.4, -0.2) is 21.0 Å². The van der Waals surface area contributed by atoms with E-state index in [1.807, 2.05) is 0 Å². The lowest BCUT2D eigenvalue weighted by atomic mass is 10.2. The first-order valence-corrected chi connectivity index (χ1v) is 6.71. The Kier molecular flexibility index (Phi) is 3.52. The molecule has 0 amide bonds. The second-order valence-electron chi connectivity index (χ2n) is 4.55. The summed E-state index contributed by atoms with van der Waals surface area (Å²) >= 11 is 5.79.